The molecule has 23 heavy (non-hydrogen) atoms. The molecule has 0 spiro atoms. The van der Waals surface area contributed by atoms with E-state index in [1.165, 1.54) is 0 Å². The van der Waals surface area contributed by atoms with Gasteiger partial charge in [-0.2, -0.15) is 5.26 Å². The maximum absolute atomic E-state index is 12.0. The van der Waals surface area contributed by atoms with Crippen molar-refractivity contribution in [3.63, 3.8) is 0 Å². The average Bonchev–Trinajstić information content (AvgIpc) is 3.30. The molecule has 0 saturated heterocycles. The summed E-state index contributed by atoms with van der Waals surface area (Å²) in [5, 5.41) is 15.1. The van der Waals surface area contributed by atoms with Crippen LogP contribution in [0.2, 0.25) is 0 Å². The van der Waals surface area contributed by atoms with Gasteiger partial charge in [0.2, 0.25) is 5.91 Å². The Labute approximate surface area is 138 Å². The van der Waals surface area contributed by atoms with Crippen molar-refractivity contribution in [3.05, 3.63) is 24.3 Å². The summed E-state index contributed by atoms with van der Waals surface area (Å²) in [5.41, 5.74) is -0.144. The lowest BCUT2D eigenvalue weighted by molar-refractivity contribution is -0.120. The molecule has 1 fully saturated rings. The van der Waals surface area contributed by atoms with Crippen LogP contribution < -0.4 is 15.4 Å². The number of nitrogens with one attached hydrogen (secondary N) is 2. The number of benzene rings is 1. The molecule has 0 aliphatic heterocycles. The molecule has 1 aromatic rings. The lowest BCUT2D eigenvalue weighted by atomic mass is 9.98. The molecule has 0 radical (unpaired) electrons. The Bertz CT molecular complexity index is 594. The van der Waals surface area contributed by atoms with Crippen molar-refractivity contribution in [1.82, 2.24) is 5.32 Å². The summed E-state index contributed by atoms with van der Waals surface area (Å²) in [4.78, 5) is 12.0. The van der Waals surface area contributed by atoms with Crippen LogP contribution in [0.4, 0.5) is 5.69 Å². The number of carbonyl (C=O) groups is 1. The van der Waals surface area contributed by atoms with Crippen LogP contribution in [-0.4, -0.2) is 23.6 Å². The fourth-order valence-electron chi connectivity index (χ4n) is 2.39. The second-order valence-electron chi connectivity index (χ2n) is 7.23. The zero-order valence-corrected chi connectivity index (χ0v) is 14.3. The van der Waals surface area contributed by atoms with Gasteiger partial charge in [-0.3, -0.25) is 4.79 Å². The predicted molar refractivity (Wildman–Crippen MR) is 90.2 cm³/mol. The Morgan fingerprint density at radius 2 is 1.87 bits per heavy atom. The first-order valence-corrected chi connectivity index (χ1v) is 7.97. The van der Waals surface area contributed by atoms with Gasteiger partial charge < -0.3 is 15.4 Å². The topological polar surface area (TPSA) is 74.2 Å². The molecule has 124 valence electrons. The van der Waals surface area contributed by atoms with Crippen LogP contribution in [0.1, 0.15) is 40.5 Å². The summed E-state index contributed by atoms with van der Waals surface area (Å²) in [6, 6.07) is 9.71. The standard InChI is InChI=1S/C18H25N3O2/c1-17(2,3)23-15-9-7-14(8-10-15)20-11-16(22)21-18(4,12-19)13-5-6-13/h7-10,13,20H,5-6,11H2,1-4H3,(H,21,22)/t18-/m0/s1. The lowest BCUT2D eigenvalue weighted by Crippen LogP contribution is -2.48. The van der Waals surface area contributed by atoms with E-state index in [2.05, 4.69) is 16.7 Å². The van der Waals surface area contributed by atoms with E-state index in [0.29, 0.717) is 0 Å². The SMILES string of the molecule is CC(C)(C)Oc1ccc(NCC(=O)N[C@@](C)(C#N)C2CC2)cc1. The molecule has 5 nitrogen and oxygen atoms in total. The molecular weight excluding hydrogens is 290 g/mol. The Hall–Kier alpha value is -2.22. The third kappa shape index (κ3) is 5.17. The molecule has 0 heterocycles. The van der Waals surface area contributed by atoms with Gasteiger partial charge in [-0.05, 0) is 70.7 Å². The highest BCUT2D eigenvalue weighted by Crippen LogP contribution is 2.39. The summed E-state index contributed by atoms with van der Waals surface area (Å²) >= 11 is 0. The van der Waals surface area contributed by atoms with E-state index in [1.54, 1.807) is 6.92 Å². The minimum absolute atomic E-state index is 0.142. The maximum Gasteiger partial charge on any atom is 0.240 e. The van der Waals surface area contributed by atoms with Gasteiger partial charge in [0.1, 0.15) is 16.9 Å². The third-order valence-electron chi connectivity index (χ3n) is 3.76. The molecule has 1 aliphatic carbocycles. The van der Waals surface area contributed by atoms with Crippen LogP contribution >= 0.6 is 0 Å². The Morgan fingerprint density at radius 3 is 2.35 bits per heavy atom. The molecule has 1 atom stereocenters. The van der Waals surface area contributed by atoms with Crippen LogP contribution in [-0.2, 0) is 4.79 Å². The zero-order valence-electron chi connectivity index (χ0n) is 14.3. The second kappa shape index (κ2) is 6.49. The summed E-state index contributed by atoms with van der Waals surface area (Å²) in [6.07, 6.45) is 2.01. The smallest absolute Gasteiger partial charge is 0.240 e. The molecule has 2 N–H and O–H groups in total. The molecule has 2 rings (SSSR count). The zero-order chi connectivity index (χ0) is 17.1. The van der Waals surface area contributed by atoms with E-state index in [9.17, 15) is 10.1 Å². The molecule has 1 amide bonds. The van der Waals surface area contributed by atoms with E-state index < -0.39 is 5.54 Å². The molecule has 0 aromatic heterocycles. The second-order valence-corrected chi connectivity index (χ2v) is 7.23. The number of nitriles is 1. The number of ether oxygens (including phenoxy) is 1. The van der Waals surface area contributed by atoms with Crippen LogP contribution in [0.25, 0.3) is 0 Å². The minimum Gasteiger partial charge on any atom is -0.488 e. The van der Waals surface area contributed by atoms with Crippen LogP contribution in [0, 0.1) is 17.2 Å². The molecule has 1 saturated carbocycles. The quantitative estimate of drug-likeness (QED) is 0.846. The first kappa shape index (κ1) is 17.1. The van der Waals surface area contributed by atoms with Gasteiger partial charge in [0.05, 0.1) is 12.6 Å². The molecule has 1 aliphatic rings. The van der Waals surface area contributed by atoms with Crippen molar-refractivity contribution >= 4 is 11.6 Å². The summed E-state index contributed by atoms with van der Waals surface area (Å²) < 4.78 is 5.75. The van der Waals surface area contributed by atoms with Gasteiger partial charge in [0, 0.05) is 5.69 Å². The van der Waals surface area contributed by atoms with Crippen LogP contribution in [0.3, 0.4) is 0 Å². The van der Waals surface area contributed by atoms with E-state index >= 15 is 0 Å². The number of rotatable bonds is 6. The van der Waals surface area contributed by atoms with Gasteiger partial charge in [-0.25, -0.2) is 0 Å². The van der Waals surface area contributed by atoms with Gasteiger partial charge in [-0.15, -0.1) is 0 Å². The first-order valence-electron chi connectivity index (χ1n) is 7.97. The van der Waals surface area contributed by atoms with Crippen molar-refractivity contribution in [2.24, 2.45) is 5.92 Å². The summed E-state index contributed by atoms with van der Waals surface area (Å²) in [7, 11) is 0. The maximum atomic E-state index is 12.0. The molecular formula is C18H25N3O2. The van der Waals surface area contributed by atoms with E-state index in [1.807, 2.05) is 45.0 Å². The fourth-order valence-corrected chi connectivity index (χ4v) is 2.39. The predicted octanol–water partition coefficient (Wildman–Crippen LogP) is 3.08. The van der Waals surface area contributed by atoms with Gasteiger partial charge in [-0.1, -0.05) is 0 Å². The van der Waals surface area contributed by atoms with Gasteiger partial charge >= 0.3 is 0 Å². The Morgan fingerprint density at radius 1 is 1.26 bits per heavy atom. The monoisotopic (exact) mass is 315 g/mol. The van der Waals surface area contributed by atoms with Gasteiger partial charge in [0.25, 0.3) is 0 Å². The minimum atomic E-state index is -0.747. The van der Waals surface area contributed by atoms with Crippen LogP contribution in [0.15, 0.2) is 24.3 Å². The largest absolute Gasteiger partial charge is 0.488 e. The highest BCUT2D eigenvalue weighted by molar-refractivity contribution is 5.82. The van der Waals surface area contributed by atoms with Crippen molar-refractivity contribution < 1.29 is 9.53 Å². The number of hydrogen-bond donors (Lipinski definition) is 2. The number of nitrogens with zero attached hydrogens (tertiary/aromatic N) is 1. The van der Waals surface area contributed by atoms with E-state index in [4.69, 9.17) is 4.74 Å². The van der Waals surface area contributed by atoms with E-state index in [0.717, 1.165) is 24.3 Å². The van der Waals surface area contributed by atoms with Crippen LogP contribution in [0.5, 0.6) is 5.75 Å². The molecule has 0 bridgehead atoms. The number of hydrogen-bond acceptors (Lipinski definition) is 4. The average molecular weight is 315 g/mol. The fraction of sp³-hybridized carbons (Fsp3) is 0.556. The molecule has 5 heteroatoms. The highest BCUT2D eigenvalue weighted by atomic mass is 16.5. The van der Waals surface area contributed by atoms with Crippen molar-refractivity contribution in [2.75, 3.05) is 11.9 Å². The first-order chi connectivity index (χ1) is 10.7. The lowest BCUT2D eigenvalue weighted by Gasteiger charge is -2.23. The highest BCUT2D eigenvalue weighted by Gasteiger charge is 2.42. The normalized spacial score (nSPS) is 16.8. The van der Waals surface area contributed by atoms with Crippen molar-refractivity contribution in [3.8, 4) is 11.8 Å². The Balaban J connectivity index is 1.83. The Kier molecular flexibility index (Phi) is 4.84. The van der Waals surface area contributed by atoms with Crippen molar-refractivity contribution in [1.29, 1.82) is 5.26 Å². The summed E-state index contributed by atoms with van der Waals surface area (Å²) in [5.74, 6) is 0.902. The molecule has 1 aromatic carbocycles. The third-order valence-corrected chi connectivity index (χ3v) is 3.76. The van der Waals surface area contributed by atoms with Crippen molar-refractivity contribution in [2.45, 2.75) is 51.7 Å². The van der Waals surface area contributed by atoms with E-state index in [-0.39, 0.29) is 24.0 Å². The molecule has 0 unspecified atom stereocenters. The number of carbonyl (C=O) groups excluding carboxylic acids is 1. The van der Waals surface area contributed by atoms with Gasteiger partial charge in [0.15, 0.2) is 0 Å². The number of anilines is 1. The summed E-state index contributed by atoms with van der Waals surface area (Å²) in [6.45, 7) is 7.92. The number of amides is 1.